The molecule has 4 aromatic rings. The summed E-state index contributed by atoms with van der Waals surface area (Å²) >= 11 is 0. The Bertz CT molecular complexity index is 1020. The highest BCUT2D eigenvalue weighted by molar-refractivity contribution is 5.72. The molecule has 3 aromatic heterocycles. The zero-order valence-corrected chi connectivity index (χ0v) is 11.9. The number of H-pyrrole nitrogens is 1. The fraction of sp³-hybridized carbons (Fsp3) is 0.0667. The van der Waals surface area contributed by atoms with Crippen LogP contribution in [-0.2, 0) is 6.54 Å². The first-order chi connectivity index (χ1) is 11.3. The Balaban J connectivity index is 1.73. The van der Waals surface area contributed by atoms with Crippen LogP contribution in [0, 0.1) is 0 Å². The van der Waals surface area contributed by atoms with Crippen molar-refractivity contribution < 1.29 is 0 Å². The number of hydrogen-bond acceptors (Lipinski definition) is 6. The van der Waals surface area contributed by atoms with E-state index in [9.17, 15) is 4.79 Å². The zero-order valence-electron chi connectivity index (χ0n) is 11.9. The van der Waals surface area contributed by atoms with E-state index in [2.05, 4.69) is 30.6 Å². The molecule has 1 N–H and O–H groups in total. The maximum absolute atomic E-state index is 12.5. The third-order valence-corrected chi connectivity index (χ3v) is 3.48. The number of nitrogens with one attached hydrogen (secondary N) is 1. The van der Waals surface area contributed by atoms with Crippen molar-refractivity contribution in [2.45, 2.75) is 6.54 Å². The second-order valence-corrected chi connectivity index (χ2v) is 4.99. The molecule has 0 aliphatic heterocycles. The Kier molecular flexibility index (Phi) is 3.12. The van der Waals surface area contributed by atoms with Crippen molar-refractivity contribution in [1.82, 2.24) is 35.2 Å². The molecule has 0 atom stereocenters. The Morgan fingerprint density at radius 3 is 2.96 bits per heavy atom. The van der Waals surface area contributed by atoms with Crippen molar-refractivity contribution in [1.29, 1.82) is 0 Å². The summed E-state index contributed by atoms with van der Waals surface area (Å²) < 4.78 is 1.55. The molecule has 0 spiro atoms. The first-order valence-electron chi connectivity index (χ1n) is 6.94. The number of fused-ring (bicyclic) bond motifs is 1. The molecule has 0 saturated heterocycles. The van der Waals surface area contributed by atoms with Gasteiger partial charge >= 0.3 is 0 Å². The number of aromatic amines is 1. The van der Waals surface area contributed by atoms with E-state index >= 15 is 0 Å². The van der Waals surface area contributed by atoms with Crippen molar-refractivity contribution in [3.63, 3.8) is 0 Å². The molecule has 112 valence electrons. The third kappa shape index (κ3) is 2.46. The predicted octanol–water partition coefficient (Wildman–Crippen LogP) is 1.02. The summed E-state index contributed by atoms with van der Waals surface area (Å²) in [6.07, 6.45) is 3.13. The highest BCUT2D eigenvalue weighted by Gasteiger charge is 2.07. The van der Waals surface area contributed by atoms with Crippen LogP contribution >= 0.6 is 0 Å². The minimum absolute atomic E-state index is 0.118. The predicted molar refractivity (Wildman–Crippen MR) is 82.5 cm³/mol. The zero-order chi connectivity index (χ0) is 15.6. The molecule has 23 heavy (non-hydrogen) atoms. The Morgan fingerprint density at radius 1 is 1.13 bits per heavy atom. The average Bonchev–Trinajstić information content (AvgIpc) is 3.13. The molecule has 0 unspecified atom stereocenters. The lowest BCUT2D eigenvalue weighted by molar-refractivity contribution is 0.747. The van der Waals surface area contributed by atoms with Gasteiger partial charge in [-0.15, -0.1) is 10.2 Å². The molecule has 0 saturated carbocycles. The lowest BCUT2D eigenvalue weighted by Gasteiger charge is -2.07. The maximum atomic E-state index is 12.5. The number of pyridine rings is 1. The molecule has 3 heterocycles. The van der Waals surface area contributed by atoms with E-state index in [1.807, 2.05) is 24.3 Å². The van der Waals surface area contributed by atoms with E-state index in [-0.39, 0.29) is 5.56 Å². The van der Waals surface area contributed by atoms with Crippen LogP contribution in [0.4, 0.5) is 0 Å². The van der Waals surface area contributed by atoms with Gasteiger partial charge in [-0.2, -0.15) is 5.21 Å². The van der Waals surface area contributed by atoms with Crippen LogP contribution in [0.2, 0.25) is 0 Å². The van der Waals surface area contributed by atoms with Gasteiger partial charge in [-0.1, -0.05) is 18.2 Å². The smallest absolute Gasteiger partial charge is 0.263 e. The summed E-state index contributed by atoms with van der Waals surface area (Å²) in [6, 6.07) is 11.1. The van der Waals surface area contributed by atoms with Gasteiger partial charge in [-0.3, -0.25) is 9.36 Å². The average molecular weight is 305 g/mol. The van der Waals surface area contributed by atoms with Crippen molar-refractivity contribution in [3.8, 4) is 11.4 Å². The SMILES string of the molecule is O=c1c2cccnc2ncn1Cc1cccc(-c2nn[nH]n2)c1. The summed E-state index contributed by atoms with van der Waals surface area (Å²) in [5.74, 6) is 0.514. The van der Waals surface area contributed by atoms with Crippen LogP contribution in [0.3, 0.4) is 0 Å². The topological polar surface area (TPSA) is 102 Å². The molecule has 4 rings (SSSR count). The molecule has 1 aromatic carbocycles. The number of rotatable bonds is 3. The minimum atomic E-state index is -0.118. The standard InChI is InChI=1S/C15H11N7O/c23-15-12-5-2-6-16-14(12)17-9-22(15)8-10-3-1-4-11(7-10)13-18-20-21-19-13/h1-7,9H,8H2,(H,18,19,20,21). The van der Waals surface area contributed by atoms with Crippen LogP contribution in [0.15, 0.2) is 53.7 Å². The second kappa shape index (κ2) is 5.41. The van der Waals surface area contributed by atoms with Gasteiger partial charge in [0.2, 0.25) is 5.82 Å². The summed E-state index contributed by atoms with van der Waals surface area (Å²) in [6.45, 7) is 0.405. The Hall–Kier alpha value is -3.42. The summed E-state index contributed by atoms with van der Waals surface area (Å²) in [5, 5.41) is 14.4. The van der Waals surface area contributed by atoms with Gasteiger partial charge in [0.25, 0.3) is 5.56 Å². The van der Waals surface area contributed by atoms with Crippen LogP contribution in [0.5, 0.6) is 0 Å². The molecule has 0 amide bonds. The Labute approximate surface area is 129 Å². The van der Waals surface area contributed by atoms with Gasteiger partial charge in [0.1, 0.15) is 6.33 Å². The van der Waals surface area contributed by atoms with E-state index in [0.717, 1.165) is 11.1 Å². The fourth-order valence-electron chi connectivity index (χ4n) is 2.40. The quantitative estimate of drug-likeness (QED) is 0.606. The lowest BCUT2D eigenvalue weighted by atomic mass is 10.1. The normalized spacial score (nSPS) is 11.0. The number of aromatic nitrogens is 7. The molecule has 0 aliphatic carbocycles. The largest absolute Gasteiger partial charge is 0.294 e. The van der Waals surface area contributed by atoms with E-state index < -0.39 is 0 Å². The fourth-order valence-corrected chi connectivity index (χ4v) is 2.40. The molecule has 8 nitrogen and oxygen atoms in total. The van der Waals surface area contributed by atoms with Crippen molar-refractivity contribution in [2.75, 3.05) is 0 Å². The van der Waals surface area contributed by atoms with Gasteiger partial charge in [-0.25, -0.2) is 9.97 Å². The molecule has 0 bridgehead atoms. The van der Waals surface area contributed by atoms with Crippen LogP contribution in [0.25, 0.3) is 22.4 Å². The van der Waals surface area contributed by atoms with Crippen molar-refractivity contribution >= 4 is 11.0 Å². The molecular weight excluding hydrogens is 294 g/mol. The maximum Gasteiger partial charge on any atom is 0.263 e. The molecular formula is C15H11N7O. The molecule has 0 fully saturated rings. The molecule has 0 aliphatic rings. The van der Waals surface area contributed by atoms with E-state index in [1.54, 1.807) is 22.9 Å². The van der Waals surface area contributed by atoms with Crippen LogP contribution in [0.1, 0.15) is 5.56 Å². The molecule has 0 radical (unpaired) electrons. The summed E-state index contributed by atoms with van der Waals surface area (Å²) in [7, 11) is 0. The van der Waals surface area contributed by atoms with Crippen molar-refractivity contribution in [2.24, 2.45) is 0 Å². The van der Waals surface area contributed by atoms with E-state index in [1.165, 1.54) is 6.33 Å². The van der Waals surface area contributed by atoms with E-state index in [4.69, 9.17) is 0 Å². The lowest BCUT2D eigenvalue weighted by Crippen LogP contribution is -2.21. The summed E-state index contributed by atoms with van der Waals surface area (Å²) in [4.78, 5) is 20.8. The number of hydrogen-bond donors (Lipinski definition) is 1. The Morgan fingerprint density at radius 2 is 2.09 bits per heavy atom. The third-order valence-electron chi connectivity index (χ3n) is 3.48. The van der Waals surface area contributed by atoms with Gasteiger partial charge in [0, 0.05) is 11.8 Å². The number of nitrogens with zero attached hydrogens (tertiary/aromatic N) is 6. The minimum Gasteiger partial charge on any atom is -0.294 e. The van der Waals surface area contributed by atoms with Gasteiger partial charge in [-0.05, 0) is 29.0 Å². The van der Waals surface area contributed by atoms with Gasteiger partial charge in [0.15, 0.2) is 5.65 Å². The first kappa shape index (κ1) is 13.3. The first-order valence-corrected chi connectivity index (χ1v) is 6.94. The van der Waals surface area contributed by atoms with Gasteiger partial charge < -0.3 is 0 Å². The van der Waals surface area contributed by atoms with Crippen LogP contribution < -0.4 is 5.56 Å². The molecule has 8 heteroatoms. The number of benzene rings is 1. The monoisotopic (exact) mass is 305 g/mol. The van der Waals surface area contributed by atoms with Crippen LogP contribution in [-0.4, -0.2) is 35.2 Å². The number of tetrazole rings is 1. The summed E-state index contributed by atoms with van der Waals surface area (Å²) in [5.41, 5.74) is 2.11. The highest BCUT2D eigenvalue weighted by Crippen LogP contribution is 2.15. The second-order valence-electron chi connectivity index (χ2n) is 4.99. The highest BCUT2D eigenvalue weighted by atomic mass is 16.1. The van der Waals surface area contributed by atoms with Gasteiger partial charge in [0.05, 0.1) is 11.9 Å². The van der Waals surface area contributed by atoms with Crippen molar-refractivity contribution in [3.05, 3.63) is 64.8 Å². The van der Waals surface area contributed by atoms with E-state index in [0.29, 0.717) is 23.4 Å².